The molecule has 0 spiro atoms. The molecule has 0 amide bonds. The SMILES string of the molecule is C[C@@H]1CC2C3CCC4=CC(=O)C=C[C@]4(C)[C@@]3(F)[C@@H](O)C[C@]2(C)[C@@]1(OS(=O)(=O)c1cccc(C(=O)[O-])c1)C(=O)CO.[Na+]. The van der Waals surface area contributed by atoms with E-state index in [1.54, 1.807) is 20.8 Å². The van der Waals surface area contributed by atoms with Gasteiger partial charge in [0.2, 0.25) is 0 Å². The minimum atomic E-state index is -4.79. The first kappa shape index (κ1) is 32.2. The van der Waals surface area contributed by atoms with E-state index in [2.05, 4.69) is 0 Å². The Bertz CT molecular complexity index is 1470. The van der Waals surface area contributed by atoms with Crippen LogP contribution in [0, 0.1) is 28.6 Å². The number of carbonyl (C=O) groups is 3. The minimum absolute atomic E-state index is 0. The van der Waals surface area contributed by atoms with Gasteiger partial charge in [0.25, 0.3) is 10.1 Å². The quantitative estimate of drug-likeness (QED) is 0.299. The maximum Gasteiger partial charge on any atom is 1.00 e. The zero-order valence-corrected chi connectivity index (χ0v) is 26.2. The van der Waals surface area contributed by atoms with Gasteiger partial charge in [-0.1, -0.05) is 37.6 Å². The molecule has 9 nitrogen and oxygen atoms in total. The number of aromatic carboxylic acids is 1. The van der Waals surface area contributed by atoms with E-state index < -0.39 is 84.9 Å². The number of ketones is 2. The average molecular weight is 599 g/mol. The molecule has 0 heterocycles. The summed E-state index contributed by atoms with van der Waals surface area (Å²) < 4.78 is 50.4. The molecule has 8 atom stereocenters. The predicted molar refractivity (Wildman–Crippen MR) is 137 cm³/mol. The van der Waals surface area contributed by atoms with Crippen LogP contribution in [-0.2, 0) is 23.9 Å². The van der Waals surface area contributed by atoms with Crippen LogP contribution in [0.4, 0.5) is 4.39 Å². The number of halogens is 1. The standard InChI is InChI=1S/C29H33FO9S.Na/c1-16-11-22-21-8-7-18-13-19(32)9-10-26(18,2)28(21,30)23(33)14-27(22,3)29(16,24(34)15-31)39-40(37,38)20-6-4-5-17(12-20)25(35)36;/h4-6,9-10,12-13,16,21-23,31,33H,7-8,11,14-15H2,1-3H3,(H,35,36);/q;+1/p-1/t16-,21?,22?,23+,26+,27+,28+,29+;/m1./s1. The second-order valence-electron chi connectivity index (χ2n) is 12.1. The number of fused-ring (bicyclic) bond motifs is 5. The molecule has 12 heteroatoms. The van der Waals surface area contributed by atoms with E-state index in [4.69, 9.17) is 4.18 Å². The van der Waals surface area contributed by atoms with Gasteiger partial charge in [0.05, 0.1) is 17.0 Å². The van der Waals surface area contributed by atoms with Crippen LogP contribution in [0.2, 0.25) is 0 Å². The number of carboxylic acids is 1. The van der Waals surface area contributed by atoms with Crippen molar-refractivity contribution in [3.8, 4) is 0 Å². The number of carboxylic acid groups (broad SMARTS) is 1. The third kappa shape index (κ3) is 4.29. The van der Waals surface area contributed by atoms with Crippen LogP contribution in [0.15, 0.2) is 53.0 Å². The monoisotopic (exact) mass is 598 g/mol. The predicted octanol–water partition coefficient (Wildman–Crippen LogP) is -1.32. The fourth-order valence-electron chi connectivity index (χ4n) is 8.47. The van der Waals surface area contributed by atoms with Crippen molar-refractivity contribution in [1.82, 2.24) is 0 Å². The topological polar surface area (TPSA) is 158 Å². The van der Waals surface area contributed by atoms with E-state index in [1.165, 1.54) is 24.3 Å². The van der Waals surface area contributed by atoms with E-state index in [-0.39, 0.29) is 54.6 Å². The van der Waals surface area contributed by atoms with Crippen LogP contribution in [0.3, 0.4) is 0 Å². The Kier molecular flexibility index (Phi) is 8.22. The minimum Gasteiger partial charge on any atom is -0.545 e. The van der Waals surface area contributed by atoms with Gasteiger partial charge in [0, 0.05) is 16.7 Å². The summed E-state index contributed by atoms with van der Waals surface area (Å²) in [6.45, 7) is 3.79. The van der Waals surface area contributed by atoms with Gasteiger partial charge >= 0.3 is 29.6 Å². The van der Waals surface area contributed by atoms with E-state index in [9.17, 15) is 38.1 Å². The van der Waals surface area contributed by atoms with Crippen molar-refractivity contribution in [2.45, 2.75) is 68.7 Å². The molecule has 0 aliphatic heterocycles. The van der Waals surface area contributed by atoms with Crippen LogP contribution in [0.1, 0.15) is 56.8 Å². The molecular formula is C29H32FNaO9S. The molecular weight excluding hydrogens is 566 g/mol. The summed E-state index contributed by atoms with van der Waals surface area (Å²) in [4.78, 5) is 36.5. The third-order valence-corrected chi connectivity index (χ3v) is 11.7. The van der Waals surface area contributed by atoms with E-state index >= 15 is 4.39 Å². The molecule has 3 saturated carbocycles. The number of rotatable bonds is 6. The molecule has 216 valence electrons. The summed E-state index contributed by atoms with van der Waals surface area (Å²) in [5.41, 5.74) is -6.91. The molecule has 1 aromatic rings. The first-order valence-electron chi connectivity index (χ1n) is 13.3. The van der Waals surface area contributed by atoms with Crippen molar-refractivity contribution >= 4 is 27.7 Å². The summed E-state index contributed by atoms with van der Waals surface area (Å²) in [6.07, 6.45) is 3.01. The maximum absolute atomic E-state index is 17.4. The van der Waals surface area contributed by atoms with Crippen LogP contribution in [0.5, 0.6) is 0 Å². The van der Waals surface area contributed by atoms with E-state index in [0.29, 0.717) is 12.0 Å². The van der Waals surface area contributed by atoms with Gasteiger partial charge in [-0.2, -0.15) is 8.42 Å². The van der Waals surface area contributed by atoms with Crippen molar-refractivity contribution in [3.63, 3.8) is 0 Å². The van der Waals surface area contributed by atoms with Gasteiger partial charge in [-0.25, -0.2) is 4.39 Å². The van der Waals surface area contributed by atoms with Crippen LogP contribution >= 0.6 is 0 Å². The van der Waals surface area contributed by atoms with Gasteiger partial charge in [-0.15, -0.1) is 0 Å². The van der Waals surface area contributed by atoms with Crippen molar-refractivity contribution < 1.29 is 76.3 Å². The summed E-state index contributed by atoms with van der Waals surface area (Å²) in [5, 5.41) is 33.0. The van der Waals surface area contributed by atoms with E-state index in [1.807, 2.05) is 0 Å². The molecule has 4 aliphatic rings. The molecule has 3 fully saturated rings. The Labute approximate surface area is 260 Å². The largest absolute Gasteiger partial charge is 1.00 e. The zero-order chi connectivity index (χ0) is 29.5. The number of aliphatic hydroxyl groups excluding tert-OH is 2. The van der Waals surface area contributed by atoms with Gasteiger partial charge < -0.3 is 20.1 Å². The van der Waals surface area contributed by atoms with Gasteiger partial charge in [-0.3, -0.25) is 13.8 Å². The molecule has 1 aromatic carbocycles. The number of benzene rings is 1. The first-order valence-corrected chi connectivity index (χ1v) is 14.7. The normalized spacial score (nSPS) is 39.6. The molecule has 0 saturated heterocycles. The Balaban J connectivity index is 0.00000387. The Morgan fingerprint density at radius 3 is 2.54 bits per heavy atom. The van der Waals surface area contributed by atoms with Gasteiger partial charge in [-0.05, 0) is 74.3 Å². The molecule has 2 N–H and O–H groups in total. The van der Waals surface area contributed by atoms with Crippen LogP contribution < -0.4 is 34.7 Å². The Hall–Kier alpha value is -1.73. The number of carbonyl (C=O) groups excluding carboxylic acids is 3. The molecule has 5 rings (SSSR count). The van der Waals surface area contributed by atoms with Crippen LogP contribution in [0.25, 0.3) is 0 Å². The maximum atomic E-state index is 17.4. The summed E-state index contributed by atoms with van der Waals surface area (Å²) in [7, 11) is -4.79. The number of hydrogen-bond acceptors (Lipinski definition) is 9. The molecule has 41 heavy (non-hydrogen) atoms. The fraction of sp³-hybridized carbons (Fsp3) is 0.552. The average Bonchev–Trinajstić information content (AvgIpc) is 3.11. The van der Waals surface area contributed by atoms with Gasteiger partial charge in [0.1, 0.15) is 6.61 Å². The van der Waals surface area contributed by atoms with Crippen molar-refractivity contribution in [2.24, 2.45) is 28.6 Å². The molecule has 0 radical (unpaired) electrons. The zero-order valence-electron chi connectivity index (χ0n) is 23.4. The van der Waals surface area contributed by atoms with Crippen molar-refractivity contribution in [1.29, 1.82) is 0 Å². The number of allylic oxidation sites excluding steroid dienone is 4. The van der Waals surface area contributed by atoms with Gasteiger partial charge in [0.15, 0.2) is 22.8 Å². The molecule has 4 aliphatic carbocycles. The molecule has 0 aromatic heterocycles. The smallest absolute Gasteiger partial charge is 0.545 e. The Morgan fingerprint density at radius 2 is 1.90 bits per heavy atom. The number of Topliss-reactive ketones (excluding diaryl/α,β-unsaturated/α-hetero) is 1. The molecule has 2 unspecified atom stereocenters. The number of hydrogen-bond donors (Lipinski definition) is 2. The van der Waals surface area contributed by atoms with Crippen molar-refractivity contribution in [2.75, 3.05) is 6.61 Å². The number of alkyl halides is 1. The summed E-state index contributed by atoms with van der Waals surface area (Å²) in [6, 6.07) is 4.32. The summed E-state index contributed by atoms with van der Waals surface area (Å²) in [5.74, 6) is -5.04. The van der Waals surface area contributed by atoms with E-state index in [0.717, 1.165) is 18.2 Å². The van der Waals surface area contributed by atoms with Crippen LogP contribution in [-0.4, -0.2) is 60.1 Å². The molecule has 0 bridgehead atoms. The number of aliphatic hydroxyl groups is 2. The fourth-order valence-corrected chi connectivity index (χ4v) is 9.87. The summed E-state index contributed by atoms with van der Waals surface area (Å²) >= 11 is 0. The van der Waals surface area contributed by atoms with Crippen molar-refractivity contribution in [3.05, 3.63) is 53.6 Å². The first-order chi connectivity index (χ1) is 18.6. The second-order valence-corrected chi connectivity index (χ2v) is 13.6. The Morgan fingerprint density at radius 1 is 1.22 bits per heavy atom. The third-order valence-electron chi connectivity index (χ3n) is 10.3. The second kappa shape index (κ2) is 10.5.